The van der Waals surface area contributed by atoms with Crippen LogP contribution in [0, 0.1) is 0 Å². The topological polar surface area (TPSA) is 51.1 Å². The van der Waals surface area contributed by atoms with Crippen molar-refractivity contribution in [3.8, 4) is 0 Å². The zero-order chi connectivity index (χ0) is 10.8. The number of aryl methyl sites for hydroxylation is 2. The van der Waals surface area contributed by atoms with Crippen LogP contribution >= 0.6 is 0 Å². The maximum atomic E-state index is 5.33. The molecule has 0 bridgehead atoms. The number of aromatic nitrogens is 2. The fraction of sp³-hybridized carbons (Fsp3) is 0.700. The third-order valence-corrected chi connectivity index (χ3v) is 2.79. The summed E-state index contributed by atoms with van der Waals surface area (Å²) in [6, 6.07) is 0. The molecule has 1 aromatic heterocycles. The average molecular weight is 210 g/mol. The number of hydrogen-bond donors (Lipinski definition) is 2. The predicted octanol–water partition coefficient (Wildman–Crippen LogP) is 0.835. The molecule has 0 saturated heterocycles. The maximum absolute atomic E-state index is 5.33. The van der Waals surface area contributed by atoms with Gasteiger partial charge in [0.2, 0.25) is 0 Å². The van der Waals surface area contributed by atoms with Crippen molar-refractivity contribution in [1.82, 2.24) is 9.78 Å². The van der Waals surface area contributed by atoms with Crippen molar-refractivity contribution in [3.05, 3.63) is 5.69 Å². The van der Waals surface area contributed by atoms with Crippen LogP contribution in [0.3, 0.4) is 0 Å². The van der Waals surface area contributed by atoms with E-state index in [4.69, 9.17) is 4.74 Å². The van der Waals surface area contributed by atoms with E-state index < -0.39 is 0 Å². The Morgan fingerprint density at radius 2 is 2.20 bits per heavy atom. The SMILES string of the molecule is CCc1nn(C)c2c1NCC(OC)CN2. The second-order valence-corrected chi connectivity index (χ2v) is 3.77. The van der Waals surface area contributed by atoms with Crippen LogP contribution in [0.2, 0.25) is 0 Å². The molecule has 1 aliphatic rings. The van der Waals surface area contributed by atoms with Gasteiger partial charge < -0.3 is 15.4 Å². The molecule has 2 heterocycles. The van der Waals surface area contributed by atoms with Gasteiger partial charge in [-0.3, -0.25) is 4.68 Å². The Morgan fingerprint density at radius 3 is 2.87 bits per heavy atom. The first-order valence-electron chi connectivity index (χ1n) is 5.32. The molecular weight excluding hydrogens is 192 g/mol. The quantitative estimate of drug-likeness (QED) is 0.759. The summed E-state index contributed by atoms with van der Waals surface area (Å²) in [5.41, 5.74) is 2.23. The summed E-state index contributed by atoms with van der Waals surface area (Å²) in [4.78, 5) is 0. The Kier molecular flexibility index (Phi) is 2.81. The fourth-order valence-electron chi connectivity index (χ4n) is 1.88. The average Bonchev–Trinajstić information content (AvgIpc) is 2.45. The van der Waals surface area contributed by atoms with Gasteiger partial charge in [0.1, 0.15) is 11.5 Å². The molecule has 0 saturated carbocycles. The molecule has 0 aliphatic carbocycles. The Hall–Kier alpha value is -1.23. The highest BCUT2D eigenvalue weighted by atomic mass is 16.5. The largest absolute Gasteiger partial charge is 0.378 e. The summed E-state index contributed by atoms with van der Waals surface area (Å²) in [5, 5.41) is 11.2. The van der Waals surface area contributed by atoms with Gasteiger partial charge in [-0.15, -0.1) is 0 Å². The minimum Gasteiger partial charge on any atom is -0.378 e. The van der Waals surface area contributed by atoms with Crippen molar-refractivity contribution >= 4 is 11.5 Å². The summed E-state index contributed by atoms with van der Waals surface area (Å²) in [7, 11) is 3.70. The number of rotatable bonds is 2. The predicted molar refractivity (Wildman–Crippen MR) is 60.4 cm³/mol. The smallest absolute Gasteiger partial charge is 0.148 e. The summed E-state index contributed by atoms with van der Waals surface area (Å²) in [5.74, 6) is 1.06. The zero-order valence-electron chi connectivity index (χ0n) is 9.50. The Bertz CT molecular complexity index is 347. The minimum atomic E-state index is 0.210. The van der Waals surface area contributed by atoms with Crippen LogP contribution in [0.25, 0.3) is 0 Å². The zero-order valence-corrected chi connectivity index (χ0v) is 9.50. The van der Waals surface area contributed by atoms with Crippen LogP contribution in [0.1, 0.15) is 12.6 Å². The van der Waals surface area contributed by atoms with Gasteiger partial charge in [0.25, 0.3) is 0 Å². The number of hydrogen-bond acceptors (Lipinski definition) is 4. The monoisotopic (exact) mass is 210 g/mol. The summed E-state index contributed by atoms with van der Waals surface area (Å²) >= 11 is 0. The molecule has 84 valence electrons. The van der Waals surface area contributed by atoms with E-state index in [0.29, 0.717) is 0 Å². The van der Waals surface area contributed by atoms with Gasteiger partial charge in [-0.1, -0.05) is 6.92 Å². The molecule has 2 rings (SSSR count). The number of methoxy groups -OCH3 is 1. The number of nitrogens with zero attached hydrogens (tertiary/aromatic N) is 2. The summed E-state index contributed by atoms with van der Waals surface area (Å²) in [6.45, 7) is 3.76. The molecule has 0 amide bonds. The molecule has 1 aliphatic heterocycles. The second-order valence-electron chi connectivity index (χ2n) is 3.77. The van der Waals surface area contributed by atoms with Crippen molar-refractivity contribution in [2.45, 2.75) is 19.4 Å². The van der Waals surface area contributed by atoms with Gasteiger partial charge in [0.05, 0.1) is 11.8 Å². The van der Waals surface area contributed by atoms with Gasteiger partial charge in [0, 0.05) is 27.2 Å². The first-order valence-corrected chi connectivity index (χ1v) is 5.32. The highest BCUT2D eigenvalue weighted by molar-refractivity contribution is 5.69. The minimum absolute atomic E-state index is 0.210. The van der Waals surface area contributed by atoms with E-state index in [1.807, 2.05) is 11.7 Å². The fourth-order valence-corrected chi connectivity index (χ4v) is 1.88. The van der Waals surface area contributed by atoms with E-state index in [2.05, 4.69) is 22.7 Å². The first-order chi connectivity index (χ1) is 7.26. The van der Waals surface area contributed by atoms with Crippen LogP contribution in [0.4, 0.5) is 11.5 Å². The first kappa shape index (κ1) is 10.3. The maximum Gasteiger partial charge on any atom is 0.148 e. The molecule has 0 spiro atoms. The molecule has 2 N–H and O–H groups in total. The number of ether oxygens (including phenoxy) is 1. The normalized spacial score (nSPS) is 20.1. The molecule has 5 nitrogen and oxygen atoms in total. The molecule has 5 heteroatoms. The van der Waals surface area contributed by atoms with Crippen molar-refractivity contribution in [2.24, 2.45) is 7.05 Å². The summed E-state index contributed by atoms with van der Waals surface area (Å²) < 4.78 is 7.22. The third-order valence-electron chi connectivity index (χ3n) is 2.79. The van der Waals surface area contributed by atoms with Crippen LogP contribution in [0.5, 0.6) is 0 Å². The molecule has 15 heavy (non-hydrogen) atoms. The van der Waals surface area contributed by atoms with Crippen LogP contribution < -0.4 is 10.6 Å². The van der Waals surface area contributed by atoms with E-state index in [1.165, 1.54) is 0 Å². The van der Waals surface area contributed by atoms with Crippen LogP contribution in [-0.4, -0.2) is 36.1 Å². The third kappa shape index (κ3) is 1.79. The van der Waals surface area contributed by atoms with Gasteiger partial charge in [0.15, 0.2) is 0 Å². The van der Waals surface area contributed by atoms with Crippen molar-refractivity contribution in [3.63, 3.8) is 0 Å². The molecule has 0 fully saturated rings. The highest BCUT2D eigenvalue weighted by Crippen LogP contribution is 2.27. The molecule has 1 aromatic rings. The lowest BCUT2D eigenvalue weighted by Gasteiger charge is -2.12. The van der Waals surface area contributed by atoms with Crippen LogP contribution in [0.15, 0.2) is 0 Å². The van der Waals surface area contributed by atoms with Crippen LogP contribution in [-0.2, 0) is 18.2 Å². The van der Waals surface area contributed by atoms with E-state index in [1.54, 1.807) is 7.11 Å². The Labute approximate surface area is 89.8 Å². The molecular formula is C10H18N4O. The molecule has 1 atom stereocenters. The molecule has 0 radical (unpaired) electrons. The van der Waals surface area contributed by atoms with Crippen molar-refractivity contribution in [1.29, 1.82) is 0 Å². The summed E-state index contributed by atoms with van der Waals surface area (Å²) in [6.07, 6.45) is 1.15. The van der Waals surface area contributed by atoms with E-state index >= 15 is 0 Å². The van der Waals surface area contributed by atoms with Gasteiger partial charge in [-0.2, -0.15) is 5.10 Å². The molecule has 0 aromatic carbocycles. The lowest BCUT2D eigenvalue weighted by molar-refractivity contribution is 0.124. The van der Waals surface area contributed by atoms with E-state index in [-0.39, 0.29) is 6.10 Å². The lowest BCUT2D eigenvalue weighted by atomic mass is 10.3. The van der Waals surface area contributed by atoms with Gasteiger partial charge in [-0.05, 0) is 6.42 Å². The highest BCUT2D eigenvalue weighted by Gasteiger charge is 2.20. The Morgan fingerprint density at radius 1 is 1.47 bits per heavy atom. The van der Waals surface area contributed by atoms with Crippen molar-refractivity contribution in [2.75, 3.05) is 30.8 Å². The molecule has 1 unspecified atom stereocenters. The van der Waals surface area contributed by atoms with Gasteiger partial charge in [-0.25, -0.2) is 0 Å². The number of nitrogens with one attached hydrogen (secondary N) is 2. The second kappa shape index (κ2) is 4.10. The number of anilines is 2. The standard InChI is InChI=1S/C10H18N4O/c1-4-8-9-10(14(2)13-8)12-6-7(15-3)5-11-9/h7,11-12H,4-6H2,1-3H3. The lowest BCUT2D eigenvalue weighted by Crippen LogP contribution is -2.27. The number of fused-ring (bicyclic) bond motifs is 1. The van der Waals surface area contributed by atoms with Gasteiger partial charge >= 0.3 is 0 Å². The Balaban J connectivity index is 2.27. The van der Waals surface area contributed by atoms with E-state index in [9.17, 15) is 0 Å². The van der Waals surface area contributed by atoms with Crippen molar-refractivity contribution < 1.29 is 4.74 Å². The van der Waals surface area contributed by atoms with E-state index in [0.717, 1.165) is 36.7 Å².